The molecule has 0 saturated carbocycles. The number of ether oxygens (including phenoxy) is 1. The Kier molecular flexibility index (Phi) is 9.17. The van der Waals surface area contributed by atoms with Gasteiger partial charge in [-0.05, 0) is 43.2 Å². The van der Waals surface area contributed by atoms with Gasteiger partial charge in [0.2, 0.25) is 11.8 Å². The molecule has 176 valence electrons. The molecule has 33 heavy (non-hydrogen) atoms. The first-order valence-electron chi connectivity index (χ1n) is 10.8. The number of aromatic nitrogens is 2. The number of thioether (sulfide) groups is 1. The number of halogens is 1. The number of hydrogen-bond donors (Lipinski definition) is 1. The number of fused-ring (bicyclic) bond motifs is 1. The van der Waals surface area contributed by atoms with Gasteiger partial charge in [0.15, 0.2) is 5.16 Å². The molecule has 0 aliphatic rings. The van der Waals surface area contributed by atoms with Crippen molar-refractivity contribution in [1.82, 2.24) is 14.5 Å². The van der Waals surface area contributed by atoms with E-state index in [1.54, 1.807) is 12.0 Å². The summed E-state index contributed by atoms with van der Waals surface area (Å²) in [6.07, 6.45) is 0.763. The summed E-state index contributed by atoms with van der Waals surface area (Å²) in [6, 6.07) is 13.1. The number of benzene rings is 2. The van der Waals surface area contributed by atoms with E-state index in [2.05, 4.69) is 10.3 Å². The molecule has 2 amide bonds. The first kappa shape index (κ1) is 25.1. The molecule has 1 aromatic heterocycles. The summed E-state index contributed by atoms with van der Waals surface area (Å²) < 4.78 is 7.27. The van der Waals surface area contributed by atoms with E-state index >= 15 is 0 Å². The monoisotopic (exact) mass is 488 g/mol. The van der Waals surface area contributed by atoms with E-state index in [9.17, 15) is 9.59 Å². The summed E-state index contributed by atoms with van der Waals surface area (Å²) in [6.45, 7) is 5.58. The molecule has 0 unspecified atom stereocenters. The van der Waals surface area contributed by atoms with E-state index in [4.69, 9.17) is 16.3 Å². The zero-order valence-corrected chi connectivity index (χ0v) is 20.7. The van der Waals surface area contributed by atoms with Crippen LogP contribution in [0.4, 0.5) is 5.69 Å². The number of imidazole rings is 1. The second-order valence-corrected chi connectivity index (χ2v) is 9.02. The molecule has 0 saturated heterocycles. The van der Waals surface area contributed by atoms with Crippen LogP contribution < -0.4 is 5.32 Å². The van der Waals surface area contributed by atoms with Crippen molar-refractivity contribution in [3.05, 3.63) is 53.1 Å². The highest BCUT2D eigenvalue weighted by Crippen LogP contribution is 2.26. The fraction of sp³-hybridized carbons (Fsp3) is 0.375. The van der Waals surface area contributed by atoms with Gasteiger partial charge >= 0.3 is 0 Å². The van der Waals surface area contributed by atoms with Gasteiger partial charge in [0.25, 0.3) is 0 Å². The van der Waals surface area contributed by atoms with Crippen molar-refractivity contribution in [2.24, 2.45) is 0 Å². The number of amides is 2. The zero-order chi connectivity index (χ0) is 23.8. The summed E-state index contributed by atoms with van der Waals surface area (Å²) in [5.41, 5.74) is 3.45. The van der Waals surface area contributed by atoms with Crippen LogP contribution in [0.25, 0.3) is 11.0 Å². The molecule has 1 N–H and O–H groups in total. The molecule has 0 fully saturated rings. The molecule has 1 heterocycles. The first-order valence-corrected chi connectivity index (χ1v) is 12.2. The highest BCUT2D eigenvalue weighted by molar-refractivity contribution is 7.99. The predicted octanol–water partition coefficient (Wildman–Crippen LogP) is 4.61. The van der Waals surface area contributed by atoms with Crippen molar-refractivity contribution in [2.75, 3.05) is 37.9 Å². The SMILES string of the molecule is CCCN(CC(=O)Nc1ccccc1C)C(=O)CSc1nc2cc(Cl)ccc2n1CCOC. The molecule has 7 nitrogen and oxygen atoms in total. The molecule has 3 rings (SSSR count). The van der Waals surface area contributed by atoms with Gasteiger partial charge in [-0.3, -0.25) is 9.59 Å². The summed E-state index contributed by atoms with van der Waals surface area (Å²) >= 11 is 7.48. The zero-order valence-electron chi connectivity index (χ0n) is 19.1. The van der Waals surface area contributed by atoms with Crippen LogP contribution >= 0.6 is 23.4 Å². The number of para-hydroxylation sites is 1. The minimum absolute atomic E-state index is 0.0112. The Balaban J connectivity index is 1.68. The number of anilines is 1. The molecule has 3 aromatic rings. The first-order chi connectivity index (χ1) is 15.9. The lowest BCUT2D eigenvalue weighted by molar-refractivity contribution is -0.132. The number of nitrogens with one attached hydrogen (secondary N) is 1. The normalized spacial score (nSPS) is 11.0. The number of aryl methyl sites for hydroxylation is 1. The molecule has 0 radical (unpaired) electrons. The van der Waals surface area contributed by atoms with Gasteiger partial charge < -0.3 is 19.5 Å². The van der Waals surface area contributed by atoms with Crippen LogP contribution in [0.3, 0.4) is 0 Å². The van der Waals surface area contributed by atoms with Crippen LogP contribution in [-0.2, 0) is 20.9 Å². The highest BCUT2D eigenvalue weighted by Gasteiger charge is 2.19. The molecule has 0 atom stereocenters. The lowest BCUT2D eigenvalue weighted by Crippen LogP contribution is -2.39. The van der Waals surface area contributed by atoms with E-state index in [0.29, 0.717) is 24.7 Å². The van der Waals surface area contributed by atoms with E-state index in [1.807, 2.05) is 60.9 Å². The minimum atomic E-state index is -0.210. The molecule has 0 aliphatic carbocycles. The Morgan fingerprint density at radius 1 is 1.24 bits per heavy atom. The number of rotatable bonds is 11. The molecule has 0 aliphatic heterocycles. The van der Waals surface area contributed by atoms with Gasteiger partial charge in [0, 0.05) is 30.9 Å². The van der Waals surface area contributed by atoms with Crippen LogP contribution in [0.2, 0.25) is 5.02 Å². The van der Waals surface area contributed by atoms with Crippen molar-refractivity contribution < 1.29 is 14.3 Å². The lowest BCUT2D eigenvalue weighted by Gasteiger charge is -2.22. The standard InChI is InChI=1S/C24H29ClN4O3S/c1-4-11-28(15-22(30)26-19-8-6-5-7-17(19)2)23(31)16-33-24-27-20-14-18(25)9-10-21(20)29(24)12-13-32-3/h5-10,14H,4,11-13,15-16H2,1-3H3,(H,26,30). The second kappa shape index (κ2) is 12.1. The van der Waals surface area contributed by atoms with Crippen LogP contribution in [0.15, 0.2) is 47.6 Å². The topological polar surface area (TPSA) is 76.5 Å². The Morgan fingerprint density at radius 2 is 2.03 bits per heavy atom. The molecule has 0 bridgehead atoms. The van der Waals surface area contributed by atoms with Crippen LogP contribution in [0.1, 0.15) is 18.9 Å². The molecular formula is C24H29ClN4O3S. The van der Waals surface area contributed by atoms with Gasteiger partial charge in [0.05, 0.1) is 29.9 Å². The van der Waals surface area contributed by atoms with Gasteiger partial charge in [-0.1, -0.05) is 48.5 Å². The quantitative estimate of drug-likeness (QED) is 0.399. The van der Waals surface area contributed by atoms with Crippen molar-refractivity contribution >= 4 is 51.9 Å². The fourth-order valence-electron chi connectivity index (χ4n) is 3.45. The van der Waals surface area contributed by atoms with Crippen LogP contribution in [-0.4, -0.2) is 58.8 Å². The number of carbonyl (C=O) groups excluding carboxylic acids is 2. The average molecular weight is 489 g/mol. The van der Waals surface area contributed by atoms with Crippen LogP contribution in [0.5, 0.6) is 0 Å². The Hall–Kier alpha value is -2.55. The van der Waals surface area contributed by atoms with Crippen LogP contribution in [0, 0.1) is 6.92 Å². The smallest absolute Gasteiger partial charge is 0.244 e. The molecular weight excluding hydrogens is 460 g/mol. The van der Waals surface area contributed by atoms with E-state index in [-0.39, 0.29) is 24.1 Å². The van der Waals surface area contributed by atoms with Crippen molar-refractivity contribution in [3.8, 4) is 0 Å². The maximum Gasteiger partial charge on any atom is 0.244 e. The van der Waals surface area contributed by atoms with Crippen molar-refractivity contribution in [3.63, 3.8) is 0 Å². The maximum atomic E-state index is 13.0. The fourth-order valence-corrected chi connectivity index (χ4v) is 4.56. The summed E-state index contributed by atoms with van der Waals surface area (Å²) in [5.74, 6) is -0.134. The Bertz CT molecular complexity index is 1120. The number of nitrogens with zero attached hydrogens (tertiary/aromatic N) is 3. The van der Waals surface area contributed by atoms with Gasteiger partial charge in [0.1, 0.15) is 0 Å². The summed E-state index contributed by atoms with van der Waals surface area (Å²) in [7, 11) is 1.65. The summed E-state index contributed by atoms with van der Waals surface area (Å²) in [4.78, 5) is 31.9. The third-order valence-corrected chi connectivity index (χ3v) is 6.32. The Labute approximate surface area is 203 Å². The number of methoxy groups -OCH3 is 1. The van der Waals surface area contributed by atoms with E-state index in [0.717, 1.165) is 33.9 Å². The third kappa shape index (κ3) is 6.72. The Morgan fingerprint density at radius 3 is 2.76 bits per heavy atom. The van der Waals surface area contributed by atoms with Gasteiger partial charge in [-0.2, -0.15) is 0 Å². The van der Waals surface area contributed by atoms with Crippen molar-refractivity contribution in [2.45, 2.75) is 32.0 Å². The van der Waals surface area contributed by atoms with Crippen molar-refractivity contribution in [1.29, 1.82) is 0 Å². The highest BCUT2D eigenvalue weighted by atomic mass is 35.5. The minimum Gasteiger partial charge on any atom is -0.383 e. The summed E-state index contributed by atoms with van der Waals surface area (Å²) in [5, 5.41) is 4.23. The van der Waals surface area contributed by atoms with E-state index in [1.165, 1.54) is 11.8 Å². The van der Waals surface area contributed by atoms with Gasteiger partial charge in [-0.15, -0.1) is 0 Å². The second-order valence-electron chi connectivity index (χ2n) is 7.64. The molecule has 9 heteroatoms. The van der Waals surface area contributed by atoms with Gasteiger partial charge in [-0.25, -0.2) is 4.98 Å². The lowest BCUT2D eigenvalue weighted by atomic mass is 10.2. The predicted molar refractivity (Wildman–Crippen MR) is 134 cm³/mol. The maximum absolute atomic E-state index is 13.0. The number of carbonyl (C=O) groups is 2. The third-order valence-electron chi connectivity index (χ3n) is 5.12. The number of hydrogen-bond acceptors (Lipinski definition) is 5. The molecule has 2 aromatic carbocycles. The average Bonchev–Trinajstić information content (AvgIpc) is 3.13. The molecule has 0 spiro atoms. The largest absolute Gasteiger partial charge is 0.383 e. The van der Waals surface area contributed by atoms with E-state index < -0.39 is 0 Å².